The number of benzene rings is 1. The first kappa shape index (κ1) is 14.1. The number of carboxylic acid groups (broad SMARTS) is 1. The van der Waals surface area contributed by atoms with Gasteiger partial charge in [-0.1, -0.05) is 0 Å². The van der Waals surface area contributed by atoms with E-state index in [-0.39, 0.29) is 23.3 Å². The van der Waals surface area contributed by atoms with Gasteiger partial charge in [-0.15, -0.1) is 0 Å². The fourth-order valence-electron chi connectivity index (χ4n) is 5.87. The summed E-state index contributed by atoms with van der Waals surface area (Å²) in [5.74, 6) is 0.901. The summed E-state index contributed by atoms with van der Waals surface area (Å²) in [6.07, 6.45) is 7.27. The molecule has 0 saturated heterocycles. The van der Waals surface area contributed by atoms with Crippen molar-refractivity contribution in [3.05, 3.63) is 28.8 Å². The minimum atomic E-state index is -1.10. The molecule has 0 atom stereocenters. The summed E-state index contributed by atoms with van der Waals surface area (Å²) in [7, 11) is 0. The third-order valence-electron chi connectivity index (χ3n) is 6.23. The van der Waals surface area contributed by atoms with Gasteiger partial charge >= 0.3 is 5.97 Å². The summed E-state index contributed by atoms with van der Waals surface area (Å²) in [6.45, 7) is -0.148. The largest absolute Gasteiger partial charge is 0.507 e. The molecule has 1 aromatic rings. The summed E-state index contributed by atoms with van der Waals surface area (Å²) < 4.78 is 0. The zero-order valence-corrected chi connectivity index (χ0v) is 12.6. The molecule has 0 aliphatic heterocycles. The number of carboxylic acids is 1. The Hall–Kier alpha value is -1.55. The number of hydrogen-bond donors (Lipinski definition) is 3. The van der Waals surface area contributed by atoms with Crippen LogP contribution in [0.3, 0.4) is 0 Å². The number of hydrogen-bond acceptors (Lipinski definition) is 3. The Labute approximate surface area is 129 Å². The van der Waals surface area contributed by atoms with Crippen LogP contribution in [0, 0.1) is 17.8 Å². The highest BCUT2D eigenvalue weighted by molar-refractivity contribution is 5.91. The van der Waals surface area contributed by atoms with E-state index in [1.807, 2.05) is 0 Å². The fraction of sp³-hybridized carbons (Fsp3) is 0.611. The summed E-state index contributed by atoms with van der Waals surface area (Å²) in [6, 6.07) is 3.09. The van der Waals surface area contributed by atoms with Crippen LogP contribution in [-0.4, -0.2) is 21.3 Å². The molecule has 0 unspecified atom stereocenters. The lowest BCUT2D eigenvalue weighted by molar-refractivity contribution is -0.00607. The van der Waals surface area contributed by atoms with Crippen molar-refractivity contribution in [1.82, 2.24) is 0 Å². The van der Waals surface area contributed by atoms with Crippen molar-refractivity contribution < 1.29 is 20.1 Å². The lowest BCUT2D eigenvalue weighted by Gasteiger charge is -2.57. The van der Waals surface area contributed by atoms with E-state index in [0.717, 1.165) is 42.6 Å². The summed E-state index contributed by atoms with van der Waals surface area (Å²) in [4.78, 5) is 11.4. The van der Waals surface area contributed by atoms with Gasteiger partial charge in [0.05, 0.1) is 6.61 Å². The SMILES string of the molecule is O=C(O)c1cc(C23CC4CC(CC(C4)C2)C3)c(CO)cc1O. The van der Waals surface area contributed by atoms with Crippen LogP contribution in [0.1, 0.15) is 60.0 Å². The third-order valence-corrected chi connectivity index (χ3v) is 6.23. The number of aromatic carboxylic acids is 1. The van der Waals surface area contributed by atoms with Gasteiger partial charge in [0.25, 0.3) is 0 Å². The number of aliphatic hydroxyl groups excluding tert-OH is 1. The van der Waals surface area contributed by atoms with Crippen LogP contribution < -0.4 is 0 Å². The summed E-state index contributed by atoms with van der Waals surface area (Å²) in [5, 5.41) is 28.9. The highest BCUT2D eigenvalue weighted by atomic mass is 16.4. The molecular weight excluding hydrogens is 280 g/mol. The summed E-state index contributed by atoms with van der Waals surface area (Å²) >= 11 is 0. The van der Waals surface area contributed by atoms with E-state index in [1.165, 1.54) is 25.3 Å². The van der Waals surface area contributed by atoms with Gasteiger partial charge in [-0.25, -0.2) is 4.79 Å². The van der Waals surface area contributed by atoms with Gasteiger partial charge in [0.2, 0.25) is 0 Å². The topological polar surface area (TPSA) is 77.8 Å². The first-order valence-electron chi connectivity index (χ1n) is 8.21. The lowest BCUT2D eigenvalue weighted by Crippen LogP contribution is -2.49. The van der Waals surface area contributed by atoms with Crippen molar-refractivity contribution >= 4 is 5.97 Å². The quantitative estimate of drug-likeness (QED) is 0.802. The molecule has 4 fully saturated rings. The maximum Gasteiger partial charge on any atom is 0.339 e. The fourth-order valence-corrected chi connectivity index (χ4v) is 5.87. The zero-order valence-electron chi connectivity index (χ0n) is 12.6. The van der Waals surface area contributed by atoms with Crippen LogP contribution in [0.2, 0.25) is 0 Å². The molecule has 0 amide bonds. The molecule has 0 heterocycles. The van der Waals surface area contributed by atoms with Crippen LogP contribution in [0.4, 0.5) is 0 Å². The molecule has 0 radical (unpaired) electrons. The third kappa shape index (κ3) is 1.97. The van der Waals surface area contributed by atoms with Gasteiger partial charge in [-0.3, -0.25) is 0 Å². The number of carbonyl (C=O) groups is 1. The Bertz CT molecular complexity index is 599. The van der Waals surface area contributed by atoms with E-state index in [1.54, 1.807) is 6.07 Å². The van der Waals surface area contributed by atoms with Crippen molar-refractivity contribution in [2.45, 2.75) is 50.5 Å². The number of aromatic hydroxyl groups is 1. The molecule has 4 aliphatic carbocycles. The standard InChI is InChI=1S/C18H22O4/c19-9-13-4-16(20)14(17(21)22)5-15(13)18-6-10-1-11(7-18)3-12(2-10)8-18/h4-5,10-12,19-20H,1-3,6-9H2,(H,21,22). The van der Waals surface area contributed by atoms with Crippen LogP contribution in [0.25, 0.3) is 0 Å². The molecule has 4 bridgehead atoms. The Morgan fingerprint density at radius 3 is 2.09 bits per heavy atom. The molecule has 0 spiro atoms. The minimum absolute atomic E-state index is 0.0186. The smallest absolute Gasteiger partial charge is 0.339 e. The second kappa shape index (κ2) is 4.72. The number of aliphatic hydroxyl groups is 1. The summed E-state index contributed by atoms with van der Waals surface area (Å²) in [5.41, 5.74) is 1.65. The maximum atomic E-state index is 11.4. The van der Waals surface area contributed by atoms with Crippen LogP contribution in [-0.2, 0) is 12.0 Å². The molecule has 0 aromatic heterocycles. The average Bonchev–Trinajstić information content (AvgIpc) is 2.44. The van der Waals surface area contributed by atoms with Crippen molar-refractivity contribution in [1.29, 1.82) is 0 Å². The Balaban J connectivity index is 1.84. The van der Waals surface area contributed by atoms with Gasteiger partial charge < -0.3 is 15.3 Å². The van der Waals surface area contributed by atoms with E-state index < -0.39 is 5.97 Å². The van der Waals surface area contributed by atoms with E-state index in [4.69, 9.17) is 0 Å². The van der Waals surface area contributed by atoms with Gasteiger partial charge in [0, 0.05) is 0 Å². The van der Waals surface area contributed by atoms with Crippen LogP contribution >= 0.6 is 0 Å². The molecule has 1 aromatic carbocycles. The first-order chi connectivity index (χ1) is 10.5. The van der Waals surface area contributed by atoms with Crippen LogP contribution in [0.15, 0.2) is 12.1 Å². The second-order valence-corrected chi connectivity index (χ2v) is 7.69. The first-order valence-corrected chi connectivity index (χ1v) is 8.21. The Morgan fingerprint density at radius 2 is 1.64 bits per heavy atom. The number of phenols is 1. The van der Waals surface area contributed by atoms with E-state index >= 15 is 0 Å². The Kier molecular flexibility index (Phi) is 3.02. The molecule has 3 N–H and O–H groups in total. The highest BCUT2D eigenvalue weighted by Crippen LogP contribution is 2.61. The Morgan fingerprint density at radius 1 is 1.09 bits per heavy atom. The molecular formula is C18H22O4. The van der Waals surface area contributed by atoms with E-state index in [2.05, 4.69) is 0 Å². The van der Waals surface area contributed by atoms with Crippen molar-refractivity contribution in [2.24, 2.45) is 17.8 Å². The minimum Gasteiger partial charge on any atom is -0.507 e. The molecule has 4 saturated carbocycles. The second-order valence-electron chi connectivity index (χ2n) is 7.69. The maximum absolute atomic E-state index is 11.4. The van der Waals surface area contributed by atoms with Crippen molar-refractivity contribution in [2.75, 3.05) is 0 Å². The van der Waals surface area contributed by atoms with Gasteiger partial charge in [-0.05, 0) is 85.0 Å². The molecule has 118 valence electrons. The lowest BCUT2D eigenvalue weighted by atomic mass is 9.47. The molecule has 4 nitrogen and oxygen atoms in total. The molecule has 4 heteroatoms. The highest BCUT2D eigenvalue weighted by Gasteiger charge is 2.52. The van der Waals surface area contributed by atoms with Gasteiger partial charge in [0.1, 0.15) is 11.3 Å². The predicted octanol–water partition coefficient (Wildman–Crippen LogP) is 3.05. The van der Waals surface area contributed by atoms with Crippen molar-refractivity contribution in [3.63, 3.8) is 0 Å². The zero-order chi connectivity index (χ0) is 15.5. The molecule has 4 aliphatic rings. The normalized spacial score (nSPS) is 35.8. The molecule has 22 heavy (non-hydrogen) atoms. The van der Waals surface area contributed by atoms with E-state index in [0.29, 0.717) is 5.56 Å². The van der Waals surface area contributed by atoms with Gasteiger partial charge in [0.15, 0.2) is 0 Å². The predicted molar refractivity (Wildman–Crippen MR) is 80.8 cm³/mol. The van der Waals surface area contributed by atoms with E-state index in [9.17, 15) is 20.1 Å². The van der Waals surface area contributed by atoms with Crippen LogP contribution in [0.5, 0.6) is 5.75 Å². The number of rotatable bonds is 3. The average molecular weight is 302 g/mol. The molecule has 5 rings (SSSR count). The van der Waals surface area contributed by atoms with Crippen molar-refractivity contribution in [3.8, 4) is 5.75 Å². The monoisotopic (exact) mass is 302 g/mol. The van der Waals surface area contributed by atoms with Gasteiger partial charge in [-0.2, -0.15) is 0 Å².